The third-order valence-electron chi connectivity index (χ3n) is 2.68. The molecule has 2 atom stereocenters. The predicted molar refractivity (Wildman–Crippen MR) is 57.3 cm³/mol. The lowest BCUT2D eigenvalue weighted by atomic mass is 10.1. The Labute approximate surface area is 89.4 Å². The van der Waals surface area contributed by atoms with Gasteiger partial charge in [0.1, 0.15) is 5.82 Å². The van der Waals surface area contributed by atoms with E-state index >= 15 is 0 Å². The van der Waals surface area contributed by atoms with Crippen LogP contribution in [0.3, 0.4) is 0 Å². The Morgan fingerprint density at radius 3 is 2.93 bits per heavy atom. The fourth-order valence-corrected chi connectivity index (χ4v) is 1.77. The quantitative estimate of drug-likeness (QED) is 0.801. The molecule has 0 aliphatic carbocycles. The number of hydrogen-bond acceptors (Lipinski definition) is 2. The maximum atomic E-state index is 13.3. The van der Waals surface area contributed by atoms with Crippen LogP contribution in [0.5, 0.6) is 0 Å². The molecule has 2 nitrogen and oxygen atoms in total. The third-order valence-corrected chi connectivity index (χ3v) is 2.68. The lowest BCUT2D eigenvalue weighted by Gasteiger charge is -2.28. The lowest BCUT2D eigenvalue weighted by Crippen LogP contribution is -2.45. The van der Waals surface area contributed by atoms with Crippen molar-refractivity contribution in [1.29, 1.82) is 0 Å². The highest BCUT2D eigenvalue weighted by molar-refractivity contribution is 5.18. The molecule has 0 aromatic heterocycles. The second-order valence-corrected chi connectivity index (χ2v) is 4.06. The molecule has 15 heavy (non-hydrogen) atoms. The summed E-state index contributed by atoms with van der Waals surface area (Å²) in [5.41, 5.74) is 0.735. The summed E-state index contributed by atoms with van der Waals surface area (Å²) in [5.74, 6) is -0.139. The standard InChI is InChI=1S/C12H16FNO/c1-9-8-15-11(7-14-9)6-10-4-2-3-5-12(10)13/h2-5,9,11,14H,6-8H2,1H3. The first-order valence-corrected chi connectivity index (χ1v) is 5.34. The van der Waals surface area contributed by atoms with E-state index < -0.39 is 0 Å². The van der Waals surface area contributed by atoms with Crippen LogP contribution < -0.4 is 5.32 Å². The number of rotatable bonds is 2. The minimum absolute atomic E-state index is 0.0955. The summed E-state index contributed by atoms with van der Waals surface area (Å²) in [5, 5.41) is 3.32. The first-order valence-electron chi connectivity index (χ1n) is 5.34. The first-order chi connectivity index (χ1) is 7.25. The van der Waals surface area contributed by atoms with Crippen LogP contribution in [-0.2, 0) is 11.2 Å². The van der Waals surface area contributed by atoms with Crippen molar-refractivity contribution in [2.75, 3.05) is 13.2 Å². The maximum Gasteiger partial charge on any atom is 0.126 e. The Hall–Kier alpha value is -0.930. The zero-order valence-corrected chi connectivity index (χ0v) is 8.87. The van der Waals surface area contributed by atoms with Crippen LogP contribution in [0.15, 0.2) is 24.3 Å². The molecule has 0 radical (unpaired) electrons. The van der Waals surface area contributed by atoms with Crippen molar-refractivity contribution in [2.24, 2.45) is 0 Å². The summed E-state index contributed by atoms with van der Waals surface area (Å²) in [6, 6.07) is 7.28. The summed E-state index contributed by atoms with van der Waals surface area (Å²) in [4.78, 5) is 0. The van der Waals surface area contributed by atoms with Crippen LogP contribution in [0.1, 0.15) is 12.5 Å². The highest BCUT2D eigenvalue weighted by atomic mass is 19.1. The molecule has 0 spiro atoms. The normalized spacial score (nSPS) is 26.5. The Morgan fingerprint density at radius 1 is 1.47 bits per heavy atom. The fourth-order valence-electron chi connectivity index (χ4n) is 1.77. The van der Waals surface area contributed by atoms with E-state index in [1.165, 1.54) is 6.07 Å². The van der Waals surface area contributed by atoms with E-state index in [1.807, 2.05) is 12.1 Å². The molecule has 1 aliphatic rings. The number of ether oxygens (including phenoxy) is 1. The van der Waals surface area contributed by atoms with Gasteiger partial charge in [-0.1, -0.05) is 18.2 Å². The largest absolute Gasteiger partial charge is 0.375 e. The Balaban J connectivity index is 1.95. The lowest BCUT2D eigenvalue weighted by molar-refractivity contribution is 0.00840. The van der Waals surface area contributed by atoms with Gasteiger partial charge in [0.2, 0.25) is 0 Å². The highest BCUT2D eigenvalue weighted by Crippen LogP contribution is 2.12. The topological polar surface area (TPSA) is 21.3 Å². The first kappa shape index (κ1) is 10.6. The highest BCUT2D eigenvalue weighted by Gasteiger charge is 2.19. The molecule has 0 bridgehead atoms. The van der Waals surface area contributed by atoms with Crippen molar-refractivity contribution in [3.8, 4) is 0 Å². The van der Waals surface area contributed by atoms with E-state index in [4.69, 9.17) is 4.74 Å². The van der Waals surface area contributed by atoms with Gasteiger partial charge in [0.15, 0.2) is 0 Å². The Bertz CT molecular complexity index is 321. The predicted octanol–water partition coefficient (Wildman–Crippen LogP) is 1.75. The monoisotopic (exact) mass is 209 g/mol. The molecule has 1 aromatic carbocycles. The number of halogens is 1. The average molecular weight is 209 g/mol. The summed E-state index contributed by atoms with van der Waals surface area (Å²) < 4.78 is 19.0. The van der Waals surface area contributed by atoms with E-state index in [-0.39, 0.29) is 11.9 Å². The molecule has 0 amide bonds. The van der Waals surface area contributed by atoms with E-state index in [1.54, 1.807) is 6.07 Å². The maximum absolute atomic E-state index is 13.3. The molecule has 1 aromatic rings. The Morgan fingerprint density at radius 2 is 2.27 bits per heavy atom. The molecule has 1 saturated heterocycles. The van der Waals surface area contributed by atoms with E-state index in [9.17, 15) is 4.39 Å². The molecule has 2 rings (SSSR count). The van der Waals surface area contributed by atoms with Crippen molar-refractivity contribution < 1.29 is 9.13 Å². The van der Waals surface area contributed by atoms with Gasteiger partial charge in [0, 0.05) is 19.0 Å². The zero-order valence-electron chi connectivity index (χ0n) is 8.87. The van der Waals surface area contributed by atoms with Crippen molar-refractivity contribution in [3.05, 3.63) is 35.6 Å². The molecule has 1 heterocycles. The van der Waals surface area contributed by atoms with Crippen molar-refractivity contribution in [3.63, 3.8) is 0 Å². The zero-order chi connectivity index (χ0) is 10.7. The second-order valence-electron chi connectivity index (χ2n) is 4.06. The van der Waals surface area contributed by atoms with Gasteiger partial charge in [-0.3, -0.25) is 0 Å². The van der Waals surface area contributed by atoms with Crippen LogP contribution in [0.25, 0.3) is 0 Å². The molecule has 1 fully saturated rings. The summed E-state index contributed by atoms with van der Waals surface area (Å²) in [6.45, 7) is 3.59. The van der Waals surface area contributed by atoms with Gasteiger partial charge in [0.25, 0.3) is 0 Å². The van der Waals surface area contributed by atoms with E-state index in [0.29, 0.717) is 19.1 Å². The number of nitrogens with one attached hydrogen (secondary N) is 1. The van der Waals surface area contributed by atoms with E-state index in [0.717, 1.165) is 12.1 Å². The van der Waals surface area contributed by atoms with Crippen LogP contribution in [-0.4, -0.2) is 25.3 Å². The molecule has 3 heteroatoms. The van der Waals surface area contributed by atoms with Crippen LogP contribution >= 0.6 is 0 Å². The van der Waals surface area contributed by atoms with Gasteiger partial charge in [-0.15, -0.1) is 0 Å². The summed E-state index contributed by atoms with van der Waals surface area (Å²) in [7, 11) is 0. The number of morpholine rings is 1. The Kier molecular flexibility index (Phi) is 3.34. The van der Waals surface area contributed by atoms with Gasteiger partial charge in [0.05, 0.1) is 12.7 Å². The second kappa shape index (κ2) is 4.73. The van der Waals surface area contributed by atoms with Crippen LogP contribution in [0.2, 0.25) is 0 Å². The summed E-state index contributed by atoms with van der Waals surface area (Å²) in [6.07, 6.45) is 0.741. The molecule has 1 aliphatic heterocycles. The minimum Gasteiger partial charge on any atom is -0.375 e. The fraction of sp³-hybridized carbons (Fsp3) is 0.500. The molecular weight excluding hydrogens is 193 g/mol. The minimum atomic E-state index is -0.139. The number of hydrogen-bond donors (Lipinski definition) is 1. The molecule has 2 unspecified atom stereocenters. The average Bonchev–Trinajstić information content (AvgIpc) is 2.25. The van der Waals surface area contributed by atoms with Gasteiger partial charge >= 0.3 is 0 Å². The van der Waals surface area contributed by atoms with Gasteiger partial charge in [-0.2, -0.15) is 0 Å². The van der Waals surface area contributed by atoms with Crippen LogP contribution in [0.4, 0.5) is 4.39 Å². The summed E-state index contributed by atoms with van der Waals surface area (Å²) >= 11 is 0. The molecule has 82 valence electrons. The smallest absolute Gasteiger partial charge is 0.126 e. The van der Waals surface area contributed by atoms with Crippen molar-refractivity contribution >= 4 is 0 Å². The van der Waals surface area contributed by atoms with Crippen molar-refractivity contribution in [1.82, 2.24) is 5.32 Å². The van der Waals surface area contributed by atoms with Crippen molar-refractivity contribution in [2.45, 2.75) is 25.5 Å². The number of benzene rings is 1. The third kappa shape index (κ3) is 2.76. The van der Waals surface area contributed by atoms with Gasteiger partial charge < -0.3 is 10.1 Å². The van der Waals surface area contributed by atoms with E-state index in [2.05, 4.69) is 12.2 Å². The van der Waals surface area contributed by atoms with Gasteiger partial charge in [-0.05, 0) is 18.6 Å². The SMILES string of the molecule is CC1COC(Cc2ccccc2F)CN1. The molecular formula is C12H16FNO. The van der Waals surface area contributed by atoms with Gasteiger partial charge in [-0.25, -0.2) is 4.39 Å². The molecule has 1 N–H and O–H groups in total. The molecule has 0 saturated carbocycles. The van der Waals surface area contributed by atoms with Crippen LogP contribution in [0, 0.1) is 5.82 Å².